The molecule has 0 saturated heterocycles. The van der Waals surface area contributed by atoms with Crippen LogP contribution in [0.3, 0.4) is 0 Å². The van der Waals surface area contributed by atoms with Crippen molar-refractivity contribution in [1.82, 2.24) is 0 Å². The molecule has 72 heavy (non-hydrogen) atoms. The Balaban J connectivity index is 0.945. The number of nitrogens with zero attached hydrogens (tertiary/aromatic N) is 1. The maximum atomic E-state index is 2.53. The quantitative estimate of drug-likeness (QED) is 0.137. The molecule has 0 fully saturated rings. The third-order valence-corrected chi connectivity index (χ3v) is 24.8. The van der Waals surface area contributed by atoms with Crippen LogP contribution < -0.4 is 36.0 Å². The average Bonchev–Trinajstić information content (AvgIpc) is 4.01. The molecule has 2 heterocycles. The standard InChI is InChI=1S/C69H51NSi2/c1-71(2)65-34-17-13-30-59(65)62-44-42-54(47-68(62)71)70(53-25-20-28-56(46-53)72(55-26-10-5-11-27-55)66-35-18-14-31-60(66)61-32-15-19-36-67(61)72)52-40-37-48(38-41-52)49-39-43-58-57-29-12-16-33-63(57)69(64(58)45-49,50-21-6-3-7-22-50)51-23-8-4-9-24-51/h3-47H,1-2H3. The summed E-state index contributed by atoms with van der Waals surface area (Å²) in [5.41, 5.74) is 18.7. The van der Waals surface area contributed by atoms with Gasteiger partial charge < -0.3 is 4.90 Å². The summed E-state index contributed by atoms with van der Waals surface area (Å²) < 4.78 is 0. The van der Waals surface area contributed by atoms with Crippen LogP contribution in [-0.4, -0.2) is 16.1 Å². The SMILES string of the molecule is C[Si]1(C)c2ccccc2-c2ccc(N(c3ccc(-c4ccc5c(c4)C(c4ccccc4)(c4ccccc4)c4ccccc4-5)cc3)c3cccc([Si]4(c5ccccc5)c5ccccc5-c5ccccc54)c3)cc21. The highest BCUT2D eigenvalue weighted by atomic mass is 28.3. The monoisotopic (exact) mass is 949 g/mol. The van der Waals surface area contributed by atoms with E-state index in [0.29, 0.717) is 0 Å². The third-order valence-electron chi connectivity index (χ3n) is 16.4. The topological polar surface area (TPSA) is 3.24 Å². The molecule has 0 radical (unpaired) electrons. The van der Waals surface area contributed by atoms with Crippen LogP contribution >= 0.6 is 0 Å². The van der Waals surface area contributed by atoms with Gasteiger partial charge in [0.05, 0.1) is 5.41 Å². The van der Waals surface area contributed by atoms with E-state index in [1.807, 2.05) is 0 Å². The first kappa shape index (κ1) is 42.5. The second-order valence-corrected chi connectivity index (χ2v) is 28.4. The third kappa shape index (κ3) is 6.05. The minimum atomic E-state index is -2.75. The summed E-state index contributed by atoms with van der Waals surface area (Å²) in [4.78, 5) is 2.52. The van der Waals surface area contributed by atoms with Gasteiger partial charge in [0.15, 0.2) is 8.07 Å². The molecule has 1 nitrogen and oxygen atoms in total. The van der Waals surface area contributed by atoms with E-state index >= 15 is 0 Å². The van der Waals surface area contributed by atoms with E-state index in [0.717, 1.165) is 11.4 Å². The lowest BCUT2D eigenvalue weighted by Crippen LogP contribution is -2.72. The molecule has 0 N–H and O–H groups in total. The summed E-state index contributed by atoms with van der Waals surface area (Å²) in [6.07, 6.45) is 0. The van der Waals surface area contributed by atoms with Gasteiger partial charge in [0.25, 0.3) is 0 Å². The lowest BCUT2D eigenvalue weighted by atomic mass is 9.67. The number of hydrogen-bond donors (Lipinski definition) is 0. The molecule has 0 bridgehead atoms. The van der Waals surface area contributed by atoms with Crippen molar-refractivity contribution >= 4 is 64.3 Å². The number of anilines is 3. The van der Waals surface area contributed by atoms with Gasteiger partial charge >= 0.3 is 0 Å². The molecule has 340 valence electrons. The van der Waals surface area contributed by atoms with Gasteiger partial charge in [-0.1, -0.05) is 244 Å². The van der Waals surface area contributed by atoms with Gasteiger partial charge in [-0.15, -0.1) is 0 Å². The Morgan fingerprint density at radius 3 is 1.40 bits per heavy atom. The highest BCUT2D eigenvalue weighted by Crippen LogP contribution is 2.56. The molecule has 1 aliphatic carbocycles. The van der Waals surface area contributed by atoms with E-state index in [1.54, 1.807) is 0 Å². The molecule has 14 rings (SSSR count). The highest BCUT2D eigenvalue weighted by Gasteiger charge is 2.49. The van der Waals surface area contributed by atoms with E-state index < -0.39 is 21.6 Å². The fourth-order valence-electron chi connectivity index (χ4n) is 13.3. The summed E-state index contributed by atoms with van der Waals surface area (Å²) in [6, 6.07) is 103. The molecule has 11 aromatic rings. The summed E-state index contributed by atoms with van der Waals surface area (Å²) in [5.74, 6) is 0. The molecule has 3 heteroatoms. The van der Waals surface area contributed by atoms with Gasteiger partial charge in [-0.2, -0.15) is 0 Å². The van der Waals surface area contributed by atoms with Gasteiger partial charge in [-0.25, -0.2) is 0 Å². The number of rotatable bonds is 8. The highest BCUT2D eigenvalue weighted by molar-refractivity contribution is 7.22. The molecule has 0 unspecified atom stereocenters. The maximum Gasteiger partial charge on any atom is 0.180 e. The van der Waals surface area contributed by atoms with E-state index in [4.69, 9.17) is 0 Å². The van der Waals surface area contributed by atoms with Crippen LogP contribution in [0.25, 0.3) is 44.5 Å². The summed E-state index contributed by atoms with van der Waals surface area (Å²) >= 11 is 0. The predicted molar refractivity (Wildman–Crippen MR) is 309 cm³/mol. The fraction of sp³-hybridized carbons (Fsp3) is 0.0435. The Hall–Kier alpha value is -8.35. The first-order chi connectivity index (χ1) is 35.5. The Morgan fingerprint density at radius 2 is 0.750 bits per heavy atom. The summed E-state index contributed by atoms with van der Waals surface area (Å²) in [7, 11) is -4.75. The van der Waals surface area contributed by atoms with Gasteiger partial charge in [0.2, 0.25) is 0 Å². The van der Waals surface area contributed by atoms with Crippen LogP contribution in [0.4, 0.5) is 17.1 Å². The number of hydrogen-bond acceptors (Lipinski definition) is 1. The fourth-order valence-corrected chi connectivity index (χ4v) is 21.6. The minimum Gasteiger partial charge on any atom is -0.311 e. The zero-order chi connectivity index (χ0) is 48.0. The molecule has 0 saturated carbocycles. The average molecular weight is 950 g/mol. The first-order valence-electron chi connectivity index (χ1n) is 25.3. The molecule has 11 aromatic carbocycles. The largest absolute Gasteiger partial charge is 0.311 e. The van der Waals surface area contributed by atoms with Crippen LogP contribution in [0.1, 0.15) is 22.3 Å². The van der Waals surface area contributed by atoms with Crippen LogP contribution in [0.15, 0.2) is 273 Å². The van der Waals surface area contributed by atoms with Gasteiger partial charge in [0, 0.05) is 17.1 Å². The molecular weight excluding hydrogens is 899 g/mol. The smallest absolute Gasteiger partial charge is 0.180 e. The number of fused-ring (bicyclic) bond motifs is 9. The van der Waals surface area contributed by atoms with Crippen LogP contribution in [0.5, 0.6) is 0 Å². The minimum absolute atomic E-state index is 0.461. The molecule has 0 aromatic heterocycles. The van der Waals surface area contributed by atoms with E-state index in [1.165, 1.54) is 104 Å². The zero-order valence-corrected chi connectivity index (χ0v) is 42.4. The van der Waals surface area contributed by atoms with E-state index in [-0.39, 0.29) is 0 Å². The van der Waals surface area contributed by atoms with Crippen molar-refractivity contribution in [2.75, 3.05) is 4.90 Å². The van der Waals surface area contributed by atoms with Gasteiger partial charge in [0.1, 0.15) is 8.07 Å². The second-order valence-electron chi connectivity index (χ2n) is 20.3. The van der Waals surface area contributed by atoms with Gasteiger partial charge in [-0.3, -0.25) is 0 Å². The van der Waals surface area contributed by atoms with Crippen LogP contribution in [0, 0.1) is 0 Å². The molecule has 0 spiro atoms. The van der Waals surface area contributed by atoms with Crippen LogP contribution in [0.2, 0.25) is 13.1 Å². The summed E-state index contributed by atoms with van der Waals surface area (Å²) in [5, 5.41) is 8.70. The maximum absolute atomic E-state index is 2.75. The summed E-state index contributed by atoms with van der Waals surface area (Å²) in [6.45, 7) is 5.04. The van der Waals surface area contributed by atoms with Gasteiger partial charge in [-0.05, 0) is 140 Å². The van der Waals surface area contributed by atoms with Crippen molar-refractivity contribution < 1.29 is 0 Å². The second kappa shape index (κ2) is 16.4. The lowest BCUT2D eigenvalue weighted by molar-refractivity contribution is 0.769. The van der Waals surface area contributed by atoms with Crippen molar-refractivity contribution in [2.24, 2.45) is 0 Å². The van der Waals surface area contributed by atoms with Crippen molar-refractivity contribution in [3.63, 3.8) is 0 Å². The van der Waals surface area contributed by atoms with E-state index in [9.17, 15) is 0 Å². The van der Waals surface area contributed by atoms with Crippen molar-refractivity contribution in [2.45, 2.75) is 18.5 Å². The molecular formula is C69H51NSi2. The van der Waals surface area contributed by atoms with Crippen molar-refractivity contribution in [3.05, 3.63) is 295 Å². The van der Waals surface area contributed by atoms with Crippen molar-refractivity contribution in [3.8, 4) is 44.5 Å². The van der Waals surface area contributed by atoms with E-state index in [2.05, 4.69) is 291 Å². The van der Waals surface area contributed by atoms with Crippen LogP contribution in [-0.2, 0) is 5.41 Å². The van der Waals surface area contributed by atoms with Crippen molar-refractivity contribution in [1.29, 1.82) is 0 Å². The number of benzene rings is 11. The Bertz CT molecular complexity index is 3810. The predicted octanol–water partition coefficient (Wildman–Crippen LogP) is 13.3. The molecule has 0 amide bonds. The lowest BCUT2D eigenvalue weighted by Gasteiger charge is -2.34. The Morgan fingerprint density at radius 1 is 0.292 bits per heavy atom. The molecule has 2 aliphatic heterocycles. The first-order valence-corrected chi connectivity index (χ1v) is 30.3. The Labute approximate surface area is 425 Å². The zero-order valence-electron chi connectivity index (χ0n) is 40.4. The Kier molecular flexibility index (Phi) is 9.66. The molecule has 3 aliphatic rings. The normalized spacial score (nSPS) is 14.6. The molecule has 0 atom stereocenters.